The highest BCUT2D eigenvalue weighted by Gasteiger charge is 2.64. The van der Waals surface area contributed by atoms with Crippen LogP contribution in [0.25, 0.3) is 22.2 Å². The summed E-state index contributed by atoms with van der Waals surface area (Å²) in [7, 11) is 1.49. The second-order valence-corrected chi connectivity index (χ2v) is 13.8. The molecule has 2 saturated carbocycles. The monoisotopic (exact) mass is 591 g/mol. The van der Waals surface area contributed by atoms with Crippen LogP contribution in [-0.2, 0) is 27.4 Å². The molecule has 0 radical (unpaired) electrons. The zero-order valence-corrected chi connectivity index (χ0v) is 26.2. The smallest absolute Gasteiger partial charge is 0.338 e. The van der Waals surface area contributed by atoms with E-state index in [4.69, 9.17) is 14.2 Å². The molecular weight excluding hydrogens is 550 g/mol. The van der Waals surface area contributed by atoms with Crippen molar-refractivity contribution in [1.29, 1.82) is 0 Å². The first-order valence-electron chi connectivity index (χ1n) is 16.0. The largest absolute Gasteiger partial charge is 0.489 e. The van der Waals surface area contributed by atoms with Crippen LogP contribution in [0.4, 0.5) is 0 Å². The number of hydrogen-bond acceptors (Lipinski definition) is 5. The molecule has 0 amide bonds. The molecule has 2 unspecified atom stereocenters. The third-order valence-electron chi connectivity index (χ3n) is 9.76. The number of fused-ring (bicyclic) bond motifs is 7. The zero-order valence-electron chi connectivity index (χ0n) is 26.2. The maximum Gasteiger partial charge on any atom is 0.338 e. The van der Waals surface area contributed by atoms with E-state index in [1.54, 1.807) is 0 Å². The molecule has 0 saturated heterocycles. The van der Waals surface area contributed by atoms with Gasteiger partial charge in [-0.05, 0) is 93.0 Å². The molecule has 3 aromatic carbocycles. The summed E-state index contributed by atoms with van der Waals surface area (Å²) in [6.45, 7) is 6.64. The average molecular weight is 592 g/mol. The van der Waals surface area contributed by atoms with Gasteiger partial charge in [0, 0.05) is 28.9 Å². The molecule has 2 atom stereocenters. The highest BCUT2D eigenvalue weighted by atomic mass is 16.6. The average Bonchev–Trinajstić information content (AvgIpc) is 3.69. The van der Waals surface area contributed by atoms with E-state index in [0.29, 0.717) is 24.6 Å². The van der Waals surface area contributed by atoms with E-state index >= 15 is 0 Å². The third-order valence-corrected chi connectivity index (χ3v) is 9.76. The lowest BCUT2D eigenvalue weighted by molar-refractivity contribution is -0.147. The topological polar surface area (TPSA) is 66.8 Å². The Morgan fingerprint density at radius 1 is 0.955 bits per heavy atom. The number of carbonyl (C=O) groups is 2. The van der Waals surface area contributed by atoms with Crippen LogP contribution >= 0.6 is 0 Å². The Morgan fingerprint density at radius 2 is 1.73 bits per heavy atom. The van der Waals surface area contributed by atoms with Crippen molar-refractivity contribution in [1.82, 2.24) is 4.57 Å². The van der Waals surface area contributed by atoms with Gasteiger partial charge in [0.15, 0.2) is 0 Å². The second-order valence-electron chi connectivity index (χ2n) is 13.8. The number of benzene rings is 3. The SMILES string of the molecule is COC(=O)C12CC1c1cc(OCc3ccccc3)ccc1-c1c(C3CCCCC3)c3ccc(C(=O)OC(C)(C)C)cc3n1C2. The number of carbonyl (C=O) groups excluding carboxylic acids is 2. The number of ether oxygens (including phenoxy) is 3. The van der Waals surface area contributed by atoms with Crippen molar-refractivity contribution in [3.8, 4) is 17.0 Å². The first kappa shape index (κ1) is 28.7. The second kappa shape index (κ2) is 10.8. The Hall–Kier alpha value is -4.06. The molecule has 4 aromatic rings. The van der Waals surface area contributed by atoms with Gasteiger partial charge in [-0.2, -0.15) is 0 Å². The van der Waals surface area contributed by atoms with Crippen LogP contribution in [0, 0.1) is 5.41 Å². The van der Waals surface area contributed by atoms with Crippen molar-refractivity contribution >= 4 is 22.8 Å². The molecular formula is C38H41NO5. The van der Waals surface area contributed by atoms with Gasteiger partial charge < -0.3 is 18.8 Å². The molecule has 6 heteroatoms. The molecule has 0 bridgehead atoms. The summed E-state index contributed by atoms with van der Waals surface area (Å²) >= 11 is 0. The number of esters is 2. The summed E-state index contributed by atoms with van der Waals surface area (Å²) in [5, 5.41) is 1.16. The summed E-state index contributed by atoms with van der Waals surface area (Å²) in [5.74, 6) is 0.736. The standard InChI is InChI=1S/C38H41NO5/c1-37(2,3)44-35(40)26-15-17-29-32(19-26)39-23-38(36(41)42-4)21-31(38)30-20-27(43-22-24-11-7-5-8-12-24)16-18-28(30)34(39)33(29)25-13-9-6-10-14-25/h5,7-8,11-12,15-20,25,31H,6,9-10,13-14,21-23H2,1-4H3. The molecule has 6 nitrogen and oxygen atoms in total. The fraction of sp³-hybridized carbons (Fsp3) is 0.421. The van der Waals surface area contributed by atoms with Gasteiger partial charge in [-0.25, -0.2) is 4.79 Å². The lowest BCUT2D eigenvalue weighted by atomic mass is 9.81. The maximum absolute atomic E-state index is 13.5. The Bertz CT molecular complexity index is 1740. The summed E-state index contributed by atoms with van der Waals surface area (Å²) < 4.78 is 19.8. The van der Waals surface area contributed by atoms with E-state index in [9.17, 15) is 9.59 Å². The molecule has 7 rings (SSSR count). The molecule has 44 heavy (non-hydrogen) atoms. The van der Waals surface area contributed by atoms with Crippen LogP contribution in [0.3, 0.4) is 0 Å². The van der Waals surface area contributed by atoms with Gasteiger partial charge in [-0.3, -0.25) is 4.79 Å². The lowest BCUT2D eigenvalue weighted by Crippen LogP contribution is -2.25. The van der Waals surface area contributed by atoms with E-state index < -0.39 is 11.0 Å². The van der Waals surface area contributed by atoms with Gasteiger partial charge in [-0.1, -0.05) is 55.7 Å². The third kappa shape index (κ3) is 4.98. The van der Waals surface area contributed by atoms with Crippen molar-refractivity contribution in [2.45, 2.75) is 89.9 Å². The minimum atomic E-state index is -0.662. The van der Waals surface area contributed by atoms with Crippen LogP contribution in [0.15, 0.2) is 66.7 Å². The van der Waals surface area contributed by atoms with Crippen LogP contribution in [0.5, 0.6) is 5.75 Å². The minimum Gasteiger partial charge on any atom is -0.489 e. The Labute approximate surface area is 259 Å². The number of rotatable bonds is 6. The number of methoxy groups -OCH3 is 1. The van der Waals surface area contributed by atoms with Crippen molar-refractivity contribution < 1.29 is 23.8 Å². The molecule has 1 aromatic heterocycles. The van der Waals surface area contributed by atoms with Crippen LogP contribution in [0.2, 0.25) is 0 Å². The lowest BCUT2D eigenvalue weighted by Gasteiger charge is -2.24. The molecule has 0 N–H and O–H groups in total. The van der Waals surface area contributed by atoms with E-state index in [-0.39, 0.29) is 17.9 Å². The van der Waals surface area contributed by atoms with Gasteiger partial charge in [0.25, 0.3) is 0 Å². The van der Waals surface area contributed by atoms with Gasteiger partial charge in [0.1, 0.15) is 18.0 Å². The van der Waals surface area contributed by atoms with Crippen LogP contribution < -0.4 is 4.74 Å². The fourth-order valence-electron chi connectivity index (χ4n) is 7.64. The van der Waals surface area contributed by atoms with E-state index in [0.717, 1.165) is 52.6 Å². The number of hydrogen-bond donors (Lipinski definition) is 0. The molecule has 2 heterocycles. The molecule has 2 fully saturated rings. The van der Waals surface area contributed by atoms with Gasteiger partial charge >= 0.3 is 11.9 Å². The van der Waals surface area contributed by atoms with Crippen molar-refractivity contribution in [3.05, 3.63) is 89.0 Å². The predicted molar refractivity (Wildman–Crippen MR) is 171 cm³/mol. The first-order chi connectivity index (χ1) is 21.2. The van der Waals surface area contributed by atoms with Crippen LogP contribution in [-0.4, -0.2) is 29.2 Å². The number of nitrogens with zero attached hydrogens (tertiary/aromatic N) is 1. The summed E-state index contributed by atoms with van der Waals surface area (Å²) in [6.07, 6.45) is 6.68. The van der Waals surface area contributed by atoms with Crippen LogP contribution in [0.1, 0.15) is 98.2 Å². The van der Waals surface area contributed by atoms with E-state index in [2.05, 4.69) is 41.0 Å². The Balaban J connectivity index is 1.41. The highest BCUT2D eigenvalue weighted by molar-refractivity contribution is 6.00. The van der Waals surface area contributed by atoms with E-state index in [1.165, 1.54) is 37.6 Å². The Morgan fingerprint density at radius 3 is 2.45 bits per heavy atom. The predicted octanol–water partition coefficient (Wildman–Crippen LogP) is 8.55. The highest BCUT2D eigenvalue weighted by Crippen LogP contribution is 2.66. The molecule has 3 aliphatic rings. The summed E-state index contributed by atoms with van der Waals surface area (Å²) in [4.78, 5) is 26.8. The quantitative estimate of drug-likeness (QED) is 0.210. The molecule has 2 aliphatic carbocycles. The molecule has 228 valence electrons. The summed E-state index contributed by atoms with van der Waals surface area (Å²) in [5.41, 5.74) is 6.18. The minimum absolute atomic E-state index is 0.0356. The number of aromatic nitrogens is 1. The van der Waals surface area contributed by atoms with Crippen molar-refractivity contribution in [2.75, 3.05) is 7.11 Å². The Kier molecular flexibility index (Phi) is 7.06. The van der Waals surface area contributed by atoms with Gasteiger partial charge in [0.05, 0.1) is 23.8 Å². The van der Waals surface area contributed by atoms with Gasteiger partial charge in [0.2, 0.25) is 0 Å². The van der Waals surface area contributed by atoms with Crippen molar-refractivity contribution in [2.24, 2.45) is 5.41 Å². The zero-order chi connectivity index (χ0) is 30.6. The van der Waals surface area contributed by atoms with Gasteiger partial charge in [-0.15, -0.1) is 0 Å². The van der Waals surface area contributed by atoms with Crippen molar-refractivity contribution in [3.63, 3.8) is 0 Å². The normalized spacial score (nSPS) is 21.0. The fourth-order valence-corrected chi connectivity index (χ4v) is 7.64. The van der Waals surface area contributed by atoms with E-state index in [1.807, 2.05) is 51.1 Å². The molecule has 1 aliphatic heterocycles. The first-order valence-corrected chi connectivity index (χ1v) is 16.0. The molecule has 0 spiro atoms. The summed E-state index contributed by atoms with van der Waals surface area (Å²) in [6, 6.07) is 22.6. The maximum atomic E-state index is 13.5.